The van der Waals surface area contributed by atoms with Gasteiger partial charge in [0, 0.05) is 0 Å². The van der Waals surface area contributed by atoms with Crippen LogP contribution in [0.3, 0.4) is 0 Å². The van der Waals surface area contributed by atoms with Crippen molar-refractivity contribution in [3.63, 3.8) is 0 Å². The summed E-state index contributed by atoms with van der Waals surface area (Å²) in [5, 5.41) is 0. The van der Waals surface area contributed by atoms with Gasteiger partial charge in [0.1, 0.15) is 0 Å². The van der Waals surface area contributed by atoms with Crippen LogP contribution in [0.5, 0.6) is 0 Å². The minimum atomic E-state index is -5.02. The Labute approximate surface area is 85.1 Å². The minimum absolute atomic E-state index is 0.481. The van der Waals surface area contributed by atoms with Crippen LogP contribution in [0.4, 0.5) is 0 Å². The van der Waals surface area contributed by atoms with Crippen LogP contribution in [0.15, 0.2) is 12.7 Å². The molecule has 0 aromatic rings. The van der Waals surface area contributed by atoms with Crippen molar-refractivity contribution < 1.29 is 39.4 Å². The smallest absolute Gasteiger partial charge is 0.366 e. The van der Waals surface area contributed by atoms with Crippen molar-refractivity contribution in [2.45, 2.75) is 0 Å². The topological polar surface area (TPSA) is 170 Å². The highest BCUT2D eigenvalue weighted by molar-refractivity contribution is 7.83. The Balaban J connectivity index is 0. The largest absolute Gasteiger partial charge is 0.425 e. The molecule has 0 aromatic carbocycles. The molecule has 0 rings (SSSR count). The highest BCUT2D eigenvalue weighted by Crippen LogP contribution is 1.92. The first-order valence-electron chi connectivity index (χ1n) is 2.72. The van der Waals surface area contributed by atoms with Crippen molar-refractivity contribution in [1.29, 1.82) is 0 Å². The van der Waals surface area contributed by atoms with Gasteiger partial charge in [-0.1, -0.05) is 15.2 Å². The fourth-order valence-corrected chi connectivity index (χ4v) is 0.632. The van der Waals surface area contributed by atoms with Gasteiger partial charge in [-0.05, 0) is 6.08 Å². The summed E-state index contributed by atoms with van der Waals surface area (Å²) >= 11 is 0. The van der Waals surface area contributed by atoms with Crippen molar-refractivity contribution in [2.75, 3.05) is 0 Å². The van der Waals surface area contributed by atoms with E-state index in [4.69, 9.17) is 9.11 Å². The Hall–Kier alpha value is -1.05. The molecule has 10 nitrogen and oxygen atoms in total. The summed E-state index contributed by atoms with van der Waals surface area (Å²) in [7, 11) is -10.0. The Morgan fingerprint density at radius 1 is 1.13 bits per heavy atom. The third-order valence-electron chi connectivity index (χ3n) is 0.401. The molecule has 0 aliphatic rings. The third-order valence-corrected chi connectivity index (χ3v) is 0.967. The van der Waals surface area contributed by atoms with E-state index < -0.39 is 26.7 Å². The third kappa shape index (κ3) is 24.6. The van der Waals surface area contributed by atoms with E-state index in [9.17, 15) is 21.6 Å². The average Bonchev–Trinajstić information content (AvgIpc) is 2.00. The highest BCUT2D eigenvalue weighted by Gasteiger charge is 2.13. The van der Waals surface area contributed by atoms with Crippen LogP contribution >= 0.6 is 0 Å². The van der Waals surface area contributed by atoms with Gasteiger partial charge in [0.25, 0.3) is 0 Å². The molecule has 4 N–H and O–H groups in total. The predicted octanol–water partition coefficient (Wildman–Crippen LogP) is -1.80. The Bertz CT molecular complexity index is 373. The van der Waals surface area contributed by atoms with E-state index in [0.717, 1.165) is 6.08 Å². The van der Waals surface area contributed by atoms with Gasteiger partial charge in [0.05, 0.1) is 0 Å². The summed E-state index contributed by atoms with van der Waals surface area (Å²) in [5.74, 6) is -0.481. The van der Waals surface area contributed by atoms with Crippen LogP contribution in [0.2, 0.25) is 0 Å². The van der Waals surface area contributed by atoms with E-state index >= 15 is 0 Å². The maximum atomic E-state index is 9.51. The van der Waals surface area contributed by atoms with Gasteiger partial charge < -0.3 is 5.73 Å². The van der Waals surface area contributed by atoms with E-state index in [1.807, 2.05) is 0 Å². The van der Waals surface area contributed by atoms with Crippen LogP contribution in [-0.4, -0.2) is 31.8 Å². The number of nitrogens with two attached hydrogens (primary N) is 1. The lowest BCUT2D eigenvalue weighted by molar-refractivity contribution is -0.113. The first kappa shape index (κ1) is 16.4. The maximum Gasteiger partial charge on any atom is 0.425 e. The molecule has 0 bridgehead atoms. The first-order valence-corrected chi connectivity index (χ1v) is 5.45. The SMILES string of the molecule is C=CC(N)=O.O=S(=O)(O)OOS(=O)(=O)O. The second-order valence-electron chi connectivity index (χ2n) is 1.60. The lowest BCUT2D eigenvalue weighted by Crippen LogP contribution is -2.10. The first-order chi connectivity index (χ1) is 6.48. The van der Waals surface area contributed by atoms with Crippen LogP contribution in [0, 0.1) is 0 Å². The molecule has 0 aromatic heterocycles. The fourth-order valence-electron chi connectivity index (χ4n) is 0.0702. The molecule has 0 saturated heterocycles. The molecule has 90 valence electrons. The predicted molar refractivity (Wildman–Crippen MR) is 44.7 cm³/mol. The summed E-state index contributed by atoms with van der Waals surface area (Å²) in [5.41, 5.74) is 4.53. The Morgan fingerprint density at radius 2 is 1.33 bits per heavy atom. The monoisotopic (exact) mass is 265 g/mol. The molecular weight excluding hydrogens is 258 g/mol. The molecule has 0 unspecified atom stereocenters. The molecule has 0 aliphatic carbocycles. The number of carbonyl (C=O) groups excluding carboxylic acids is 1. The molecule has 0 radical (unpaired) electrons. The molecule has 0 atom stereocenters. The quantitative estimate of drug-likeness (QED) is 0.229. The number of hydrogen-bond donors (Lipinski definition) is 3. The van der Waals surface area contributed by atoms with Crippen molar-refractivity contribution in [2.24, 2.45) is 5.73 Å². The standard InChI is InChI=1S/C3H5NO.H2O8S2/c1-2-3(4)5;1-9(2,3)7-8-10(4,5)6/h2H,1H2,(H2,4,5);(H,1,2,3)(H,4,5,6). The summed E-state index contributed by atoms with van der Waals surface area (Å²) in [6.45, 7) is 3.09. The highest BCUT2D eigenvalue weighted by atomic mass is 32.3. The van der Waals surface area contributed by atoms with Crippen molar-refractivity contribution in [1.82, 2.24) is 0 Å². The molecule has 15 heavy (non-hydrogen) atoms. The number of hydrogen-bond acceptors (Lipinski definition) is 7. The number of rotatable bonds is 4. The van der Waals surface area contributed by atoms with Crippen LogP contribution < -0.4 is 5.73 Å². The van der Waals surface area contributed by atoms with Gasteiger partial charge in [0.15, 0.2) is 0 Å². The van der Waals surface area contributed by atoms with Gasteiger partial charge >= 0.3 is 20.8 Å². The molecule has 1 amide bonds. The van der Waals surface area contributed by atoms with Crippen LogP contribution in [-0.2, 0) is 34.3 Å². The van der Waals surface area contributed by atoms with Gasteiger partial charge in [-0.15, -0.1) is 0 Å². The molecule has 0 fully saturated rings. The molecule has 0 aliphatic heterocycles. The van der Waals surface area contributed by atoms with Crippen molar-refractivity contribution in [3.8, 4) is 0 Å². The van der Waals surface area contributed by atoms with Crippen LogP contribution in [0.1, 0.15) is 0 Å². The molecule has 0 heterocycles. The van der Waals surface area contributed by atoms with Crippen LogP contribution in [0.25, 0.3) is 0 Å². The Kier molecular flexibility index (Phi) is 7.03. The van der Waals surface area contributed by atoms with E-state index in [0.29, 0.717) is 0 Å². The van der Waals surface area contributed by atoms with Gasteiger partial charge in [0.2, 0.25) is 5.91 Å². The lowest BCUT2D eigenvalue weighted by Gasteiger charge is -1.92. The van der Waals surface area contributed by atoms with E-state index in [2.05, 4.69) is 21.0 Å². The van der Waals surface area contributed by atoms with Gasteiger partial charge in [-0.3, -0.25) is 13.9 Å². The molecule has 0 spiro atoms. The summed E-state index contributed by atoms with van der Waals surface area (Å²) in [6, 6.07) is 0. The van der Waals surface area contributed by atoms with Gasteiger partial charge in [-0.2, -0.15) is 16.8 Å². The summed E-state index contributed by atoms with van der Waals surface area (Å²) in [6.07, 6.45) is 1.06. The van der Waals surface area contributed by atoms with E-state index in [1.165, 1.54) is 0 Å². The Morgan fingerprint density at radius 3 is 1.40 bits per heavy atom. The maximum absolute atomic E-state index is 9.51. The van der Waals surface area contributed by atoms with Gasteiger partial charge in [-0.25, -0.2) is 0 Å². The minimum Gasteiger partial charge on any atom is -0.366 e. The van der Waals surface area contributed by atoms with Crippen molar-refractivity contribution in [3.05, 3.63) is 12.7 Å². The second-order valence-corrected chi connectivity index (χ2v) is 3.58. The van der Waals surface area contributed by atoms with E-state index in [1.54, 1.807) is 0 Å². The lowest BCUT2D eigenvalue weighted by atomic mass is 10.6. The second kappa shape index (κ2) is 6.44. The normalized spacial score (nSPS) is 11.1. The zero-order valence-corrected chi connectivity index (χ0v) is 8.56. The average molecular weight is 265 g/mol. The summed E-state index contributed by atoms with van der Waals surface area (Å²) in [4.78, 5) is 9.47. The molecule has 12 heteroatoms. The zero-order valence-electron chi connectivity index (χ0n) is 6.93. The number of primary amides is 1. The number of carbonyl (C=O) groups is 1. The molecular formula is C3H7NO9S2. The van der Waals surface area contributed by atoms with Crippen molar-refractivity contribution >= 4 is 26.7 Å². The fraction of sp³-hybridized carbons (Fsp3) is 0. The zero-order chi connectivity index (χ0) is 12.7. The van der Waals surface area contributed by atoms with E-state index in [-0.39, 0.29) is 0 Å². The summed E-state index contributed by atoms with van der Waals surface area (Å²) < 4.78 is 58.9. The molecule has 0 saturated carbocycles. The number of amides is 1.